The highest BCUT2D eigenvalue weighted by atomic mass is 15.2. The topological polar surface area (TPSA) is 8.17 Å². The minimum atomic E-state index is 0.210. The quantitative estimate of drug-likeness (QED) is 0.149. The van der Waals surface area contributed by atoms with E-state index in [1.54, 1.807) is 0 Å². The summed E-state index contributed by atoms with van der Waals surface area (Å²) in [5, 5.41) is 5.08. The lowest BCUT2D eigenvalue weighted by Gasteiger charge is -2.39. The van der Waals surface area contributed by atoms with Crippen LogP contribution in [-0.4, -0.2) is 10.6 Å². The molecule has 2 unspecified atom stereocenters. The van der Waals surface area contributed by atoms with Gasteiger partial charge in [0.1, 0.15) is 0 Å². The molecule has 2 heteroatoms. The first-order chi connectivity index (χ1) is 29.8. The molecule has 0 aliphatic heterocycles. The normalized spacial score (nSPS) is 17.5. The molecule has 3 aliphatic rings. The van der Waals surface area contributed by atoms with Crippen molar-refractivity contribution in [3.63, 3.8) is 0 Å². The number of fused-ring (bicyclic) bond motifs is 5. The first-order valence-corrected chi connectivity index (χ1v) is 21.4. The van der Waals surface area contributed by atoms with Crippen LogP contribution in [0.15, 0.2) is 235 Å². The highest BCUT2D eigenvalue weighted by molar-refractivity contribution is 6.18. The summed E-state index contributed by atoms with van der Waals surface area (Å²) in [7, 11) is 0. The van der Waals surface area contributed by atoms with Gasteiger partial charge >= 0.3 is 0 Å². The van der Waals surface area contributed by atoms with Crippen LogP contribution in [0.2, 0.25) is 0 Å². The number of nitrogens with zero attached hydrogens (tertiary/aromatic N) is 2. The number of allylic oxidation sites excluding steroid dienone is 10. The zero-order chi connectivity index (χ0) is 39.8. The lowest BCUT2D eigenvalue weighted by molar-refractivity contribution is 0.673. The largest absolute Gasteiger partial charge is 0.337 e. The van der Waals surface area contributed by atoms with Crippen LogP contribution in [0.4, 0.5) is 5.69 Å². The molecular formula is C58H46N2. The summed E-state index contributed by atoms with van der Waals surface area (Å²) in [5.74, 6) is 0.283. The zero-order valence-electron chi connectivity index (χ0n) is 33.7. The van der Waals surface area contributed by atoms with Crippen molar-refractivity contribution < 1.29 is 0 Å². The zero-order valence-corrected chi connectivity index (χ0v) is 33.7. The summed E-state index contributed by atoms with van der Waals surface area (Å²) in [4.78, 5) is 2.60. The van der Waals surface area contributed by atoms with Crippen molar-refractivity contribution in [1.29, 1.82) is 0 Å². The molecule has 0 radical (unpaired) electrons. The number of anilines is 1. The fourth-order valence-corrected chi connectivity index (χ4v) is 9.85. The molecular weight excluding hydrogens is 725 g/mol. The lowest BCUT2D eigenvalue weighted by Crippen LogP contribution is -2.36. The minimum Gasteiger partial charge on any atom is -0.337 e. The minimum absolute atomic E-state index is 0.210. The van der Waals surface area contributed by atoms with Gasteiger partial charge in [0.25, 0.3) is 0 Å². The van der Waals surface area contributed by atoms with Gasteiger partial charge in [0.05, 0.1) is 17.1 Å². The molecule has 1 heterocycles. The summed E-state index contributed by atoms with van der Waals surface area (Å²) >= 11 is 0. The Morgan fingerprint density at radius 1 is 0.550 bits per heavy atom. The summed E-state index contributed by atoms with van der Waals surface area (Å²) in [6.07, 6.45) is 25.1. The maximum Gasteiger partial charge on any atom is 0.0619 e. The summed E-state index contributed by atoms with van der Waals surface area (Å²) in [6, 6.07) is 60.6. The van der Waals surface area contributed by atoms with Gasteiger partial charge in [-0.1, -0.05) is 182 Å². The summed E-state index contributed by atoms with van der Waals surface area (Å²) in [6.45, 7) is 0. The van der Waals surface area contributed by atoms with Crippen molar-refractivity contribution in [2.75, 3.05) is 4.90 Å². The SMILES string of the molecule is C1=CCCC(C2=CCC(N(C3=CC=CCC3c3ccccc3)c3ccc(-c4ccccc4-c4ccc(-n5c6ccccc6c6ccc7ccccc7c65)cc4)cc3)C=C2)=C1. The average molecular weight is 771 g/mol. The Bertz CT molecular complexity index is 3080. The van der Waals surface area contributed by atoms with Crippen molar-refractivity contribution in [3.05, 3.63) is 241 Å². The molecule has 11 rings (SSSR count). The van der Waals surface area contributed by atoms with E-state index < -0.39 is 0 Å². The molecule has 0 saturated carbocycles. The Labute approximate surface area is 352 Å². The van der Waals surface area contributed by atoms with Crippen molar-refractivity contribution in [2.45, 2.75) is 37.6 Å². The number of benzene rings is 7. The Morgan fingerprint density at radius 3 is 2.00 bits per heavy atom. The van der Waals surface area contributed by atoms with Crippen molar-refractivity contribution in [1.82, 2.24) is 4.57 Å². The second kappa shape index (κ2) is 15.5. The second-order valence-corrected chi connectivity index (χ2v) is 16.2. The van der Waals surface area contributed by atoms with E-state index in [4.69, 9.17) is 0 Å². The van der Waals surface area contributed by atoms with E-state index >= 15 is 0 Å². The van der Waals surface area contributed by atoms with Crippen LogP contribution in [0.25, 0.3) is 60.5 Å². The fraction of sp³-hybridized carbons (Fsp3) is 0.103. The number of aromatic nitrogens is 1. The Morgan fingerprint density at radius 2 is 1.25 bits per heavy atom. The smallest absolute Gasteiger partial charge is 0.0619 e. The predicted octanol–water partition coefficient (Wildman–Crippen LogP) is 15.2. The van der Waals surface area contributed by atoms with E-state index in [9.17, 15) is 0 Å². The van der Waals surface area contributed by atoms with Crippen LogP contribution in [0.1, 0.15) is 37.2 Å². The molecule has 0 amide bonds. The molecule has 0 bridgehead atoms. The van der Waals surface area contributed by atoms with Gasteiger partial charge in [0.2, 0.25) is 0 Å². The summed E-state index contributed by atoms with van der Waals surface area (Å²) in [5.41, 5.74) is 15.2. The summed E-state index contributed by atoms with van der Waals surface area (Å²) < 4.78 is 2.44. The van der Waals surface area contributed by atoms with Crippen molar-refractivity contribution in [2.24, 2.45) is 0 Å². The molecule has 0 fully saturated rings. The van der Waals surface area contributed by atoms with Crippen LogP contribution in [0, 0.1) is 0 Å². The van der Waals surface area contributed by atoms with Gasteiger partial charge in [0.15, 0.2) is 0 Å². The maximum absolute atomic E-state index is 2.60. The monoisotopic (exact) mass is 770 g/mol. The van der Waals surface area contributed by atoms with Crippen LogP contribution in [0.5, 0.6) is 0 Å². The van der Waals surface area contributed by atoms with E-state index in [1.807, 2.05) is 0 Å². The first kappa shape index (κ1) is 36.0. The van der Waals surface area contributed by atoms with Crippen LogP contribution < -0.4 is 4.90 Å². The predicted molar refractivity (Wildman–Crippen MR) is 255 cm³/mol. The highest BCUT2D eigenvalue weighted by Crippen LogP contribution is 2.42. The first-order valence-electron chi connectivity index (χ1n) is 21.4. The maximum atomic E-state index is 2.60. The number of para-hydroxylation sites is 1. The van der Waals surface area contributed by atoms with Crippen LogP contribution in [0.3, 0.4) is 0 Å². The van der Waals surface area contributed by atoms with Gasteiger partial charge in [-0.05, 0) is 106 Å². The van der Waals surface area contributed by atoms with Gasteiger partial charge in [-0.15, -0.1) is 0 Å². The van der Waals surface area contributed by atoms with E-state index in [2.05, 4.69) is 228 Å². The van der Waals surface area contributed by atoms with Gasteiger partial charge in [-0.3, -0.25) is 0 Å². The van der Waals surface area contributed by atoms with Crippen molar-refractivity contribution in [3.8, 4) is 27.9 Å². The van der Waals surface area contributed by atoms with Gasteiger partial charge in [-0.2, -0.15) is 0 Å². The number of rotatable bonds is 8. The third-order valence-electron chi connectivity index (χ3n) is 12.8. The third kappa shape index (κ3) is 6.46. The highest BCUT2D eigenvalue weighted by Gasteiger charge is 2.29. The molecule has 0 spiro atoms. The Hall–Kier alpha value is -7.16. The molecule has 3 aliphatic carbocycles. The van der Waals surface area contributed by atoms with E-state index in [-0.39, 0.29) is 12.0 Å². The number of hydrogen-bond acceptors (Lipinski definition) is 1. The molecule has 8 aromatic rings. The molecule has 2 atom stereocenters. The molecule has 1 aromatic heterocycles. The van der Waals surface area contributed by atoms with Crippen LogP contribution >= 0.6 is 0 Å². The second-order valence-electron chi connectivity index (χ2n) is 16.2. The Kier molecular flexibility index (Phi) is 9.32. The molecule has 7 aromatic carbocycles. The molecule has 60 heavy (non-hydrogen) atoms. The van der Waals surface area contributed by atoms with E-state index in [0.29, 0.717) is 0 Å². The average Bonchev–Trinajstić information content (AvgIpc) is 3.68. The molecule has 0 saturated heterocycles. The third-order valence-corrected chi connectivity index (χ3v) is 12.8. The molecule has 0 N–H and O–H groups in total. The van der Waals surface area contributed by atoms with Gasteiger partial charge in [0, 0.05) is 39.1 Å². The van der Waals surface area contributed by atoms with E-state index in [1.165, 1.54) is 82.9 Å². The van der Waals surface area contributed by atoms with Crippen LogP contribution in [-0.2, 0) is 0 Å². The fourth-order valence-electron chi connectivity index (χ4n) is 9.85. The van der Waals surface area contributed by atoms with E-state index in [0.717, 1.165) is 31.4 Å². The van der Waals surface area contributed by atoms with Crippen molar-refractivity contribution >= 4 is 38.3 Å². The lowest BCUT2D eigenvalue weighted by atomic mass is 9.86. The molecule has 2 nitrogen and oxygen atoms in total. The Balaban J connectivity index is 0.945. The number of hydrogen-bond donors (Lipinski definition) is 0. The standard InChI is InChI=1S/C58H46N2/c1-3-15-41(16-4-1)42-27-34-47(35-28-42)59(56-25-13-11-22-52(56)43-17-5-2-6-18-43)48-36-29-45(30-37-48)50-20-9-10-21-51(50)46-31-38-49(39-32-46)60-57-26-14-12-24-54(57)55-40-33-44-19-7-8-23-53(44)58(55)60/h1-3,5-15,17-21,23-34,36-40,47,52H,4,16,22,35H2. The van der Waals surface area contributed by atoms with Gasteiger partial charge in [-0.25, -0.2) is 0 Å². The molecule has 288 valence electrons. The van der Waals surface area contributed by atoms with Gasteiger partial charge < -0.3 is 9.47 Å².